The molecule has 3 aliphatic rings. The fraction of sp³-hybridized carbons (Fsp3) is 0.533. The first-order valence-electron chi connectivity index (χ1n) is 6.95. The van der Waals surface area contributed by atoms with Crippen molar-refractivity contribution in [3.8, 4) is 5.75 Å². The van der Waals surface area contributed by atoms with Gasteiger partial charge in [-0.05, 0) is 55.1 Å². The van der Waals surface area contributed by atoms with Gasteiger partial charge in [0.2, 0.25) is 0 Å². The predicted octanol–water partition coefficient (Wildman–Crippen LogP) is 2.31. The minimum absolute atomic E-state index is 0.206. The van der Waals surface area contributed by atoms with Crippen LogP contribution in [0.25, 0.3) is 0 Å². The largest absolute Gasteiger partial charge is 0.507 e. The number of rotatable bonds is 2. The molecule has 4 rings (SSSR count). The highest BCUT2D eigenvalue weighted by Gasteiger charge is 2.65. The molecule has 2 bridgehead atoms. The van der Waals surface area contributed by atoms with Crippen LogP contribution in [0.4, 0.5) is 4.39 Å². The van der Waals surface area contributed by atoms with Crippen molar-refractivity contribution in [1.82, 2.24) is 5.32 Å². The Morgan fingerprint density at radius 1 is 1.26 bits per heavy atom. The molecule has 0 heterocycles. The zero-order chi connectivity index (χ0) is 13.1. The Morgan fingerprint density at radius 3 is 2.58 bits per heavy atom. The highest BCUT2D eigenvalue weighted by atomic mass is 19.1. The number of benzene rings is 1. The molecular formula is C15H16FNO2. The number of hydrogen-bond donors (Lipinski definition) is 2. The maximum Gasteiger partial charge on any atom is 0.258 e. The maximum absolute atomic E-state index is 13.6. The van der Waals surface area contributed by atoms with Crippen molar-refractivity contribution >= 4 is 5.91 Å². The number of hydrogen-bond acceptors (Lipinski definition) is 2. The van der Waals surface area contributed by atoms with Crippen LogP contribution in [-0.4, -0.2) is 17.1 Å². The van der Waals surface area contributed by atoms with Crippen LogP contribution in [0.3, 0.4) is 0 Å². The van der Waals surface area contributed by atoms with E-state index in [1.807, 2.05) is 0 Å². The van der Waals surface area contributed by atoms with E-state index >= 15 is 0 Å². The summed E-state index contributed by atoms with van der Waals surface area (Å²) in [6.07, 6.45) is 3.87. The van der Waals surface area contributed by atoms with Crippen molar-refractivity contribution in [2.75, 3.05) is 0 Å². The number of aromatic hydroxyl groups is 1. The molecule has 4 heteroatoms. The van der Waals surface area contributed by atoms with Gasteiger partial charge in [-0.2, -0.15) is 0 Å². The lowest BCUT2D eigenvalue weighted by Gasteiger charge is -2.11. The summed E-state index contributed by atoms with van der Waals surface area (Å²) in [6, 6.07) is 4.15. The molecule has 3 aliphatic carbocycles. The predicted molar refractivity (Wildman–Crippen MR) is 67.1 cm³/mol. The smallest absolute Gasteiger partial charge is 0.258 e. The molecule has 0 spiro atoms. The lowest BCUT2D eigenvalue weighted by Crippen LogP contribution is -2.30. The van der Waals surface area contributed by atoms with Crippen molar-refractivity contribution in [3.05, 3.63) is 29.6 Å². The molecule has 4 unspecified atom stereocenters. The van der Waals surface area contributed by atoms with Crippen molar-refractivity contribution in [3.63, 3.8) is 0 Å². The van der Waals surface area contributed by atoms with Crippen molar-refractivity contribution in [2.24, 2.45) is 23.7 Å². The van der Waals surface area contributed by atoms with Crippen LogP contribution in [0.2, 0.25) is 0 Å². The Kier molecular flexibility index (Phi) is 2.20. The quantitative estimate of drug-likeness (QED) is 0.858. The standard InChI is InChI=1S/C15H16FNO2/c16-9-2-1-3-10(18)13(9)15(19)17-14-11-7-4-5-8(6-7)12(11)14/h1-3,7-8,11-12,14,18H,4-6H2,(H,17,19). The molecule has 2 N–H and O–H groups in total. The zero-order valence-corrected chi connectivity index (χ0v) is 10.5. The molecule has 3 nitrogen and oxygen atoms in total. The van der Waals surface area contributed by atoms with E-state index in [-0.39, 0.29) is 17.4 Å². The minimum atomic E-state index is -0.661. The van der Waals surface area contributed by atoms with Crippen molar-refractivity contribution < 1.29 is 14.3 Å². The van der Waals surface area contributed by atoms with Gasteiger partial charge in [0.05, 0.1) is 0 Å². The summed E-state index contributed by atoms with van der Waals surface area (Å²) in [7, 11) is 0. The molecule has 3 fully saturated rings. The maximum atomic E-state index is 13.6. The number of carbonyl (C=O) groups is 1. The number of carbonyl (C=O) groups excluding carboxylic acids is 1. The van der Waals surface area contributed by atoms with Gasteiger partial charge in [-0.15, -0.1) is 0 Å². The Bertz CT molecular complexity index is 523. The first-order chi connectivity index (χ1) is 9.16. The number of phenols is 1. The topological polar surface area (TPSA) is 49.3 Å². The molecule has 1 amide bonds. The van der Waals surface area contributed by atoms with Crippen molar-refractivity contribution in [2.45, 2.75) is 25.3 Å². The van der Waals surface area contributed by atoms with E-state index in [4.69, 9.17) is 0 Å². The SMILES string of the molecule is O=C(NC1C2C3CCC(C3)C12)c1c(O)cccc1F. The van der Waals surface area contributed by atoms with E-state index < -0.39 is 11.7 Å². The summed E-state index contributed by atoms with van der Waals surface area (Å²) in [5.41, 5.74) is -0.222. The summed E-state index contributed by atoms with van der Waals surface area (Å²) in [5.74, 6) is 1.31. The highest BCUT2D eigenvalue weighted by Crippen LogP contribution is 2.65. The van der Waals surface area contributed by atoms with Crippen LogP contribution in [-0.2, 0) is 0 Å². The molecule has 19 heavy (non-hydrogen) atoms. The van der Waals surface area contributed by atoms with Gasteiger partial charge in [0.15, 0.2) is 0 Å². The molecule has 0 aromatic heterocycles. The molecule has 4 atom stereocenters. The highest BCUT2D eigenvalue weighted by molar-refractivity contribution is 5.97. The van der Waals surface area contributed by atoms with Gasteiger partial charge in [-0.1, -0.05) is 6.07 Å². The molecule has 100 valence electrons. The van der Waals surface area contributed by atoms with E-state index in [0.29, 0.717) is 11.8 Å². The van der Waals surface area contributed by atoms with Gasteiger partial charge in [0.25, 0.3) is 5.91 Å². The van der Waals surface area contributed by atoms with Crippen LogP contribution < -0.4 is 5.32 Å². The van der Waals surface area contributed by atoms with Crippen LogP contribution in [0.5, 0.6) is 5.75 Å². The van der Waals surface area contributed by atoms with E-state index in [2.05, 4.69) is 5.32 Å². The first-order valence-corrected chi connectivity index (χ1v) is 6.95. The summed E-state index contributed by atoms with van der Waals surface area (Å²) in [4.78, 5) is 12.1. The summed E-state index contributed by atoms with van der Waals surface area (Å²) < 4.78 is 13.6. The van der Waals surface area contributed by atoms with Gasteiger partial charge >= 0.3 is 0 Å². The normalized spacial score (nSPS) is 38.1. The third-order valence-corrected chi connectivity index (χ3v) is 5.25. The van der Waals surface area contributed by atoms with E-state index in [9.17, 15) is 14.3 Å². The van der Waals surface area contributed by atoms with Gasteiger partial charge in [0.1, 0.15) is 17.1 Å². The van der Waals surface area contributed by atoms with E-state index in [0.717, 1.165) is 11.8 Å². The van der Waals surface area contributed by atoms with Gasteiger partial charge < -0.3 is 10.4 Å². The fourth-order valence-corrected chi connectivity index (χ4v) is 4.48. The van der Waals surface area contributed by atoms with E-state index in [1.165, 1.54) is 37.5 Å². The Labute approximate surface area is 110 Å². The number of halogens is 1. The zero-order valence-electron chi connectivity index (χ0n) is 10.5. The second-order valence-corrected chi connectivity index (χ2v) is 6.12. The van der Waals surface area contributed by atoms with E-state index in [1.54, 1.807) is 0 Å². The van der Waals surface area contributed by atoms with Crippen LogP contribution in [0.1, 0.15) is 29.6 Å². The average molecular weight is 261 g/mol. The van der Waals surface area contributed by atoms with Gasteiger partial charge in [-0.25, -0.2) is 4.39 Å². The summed E-state index contributed by atoms with van der Waals surface area (Å²) in [6.45, 7) is 0. The lowest BCUT2D eigenvalue weighted by atomic mass is 10.0. The van der Waals surface area contributed by atoms with Crippen LogP contribution in [0, 0.1) is 29.5 Å². The molecule has 3 saturated carbocycles. The summed E-state index contributed by atoms with van der Waals surface area (Å²) in [5, 5.41) is 12.5. The second kappa shape index (κ2) is 3.71. The first kappa shape index (κ1) is 11.3. The molecule has 0 radical (unpaired) electrons. The number of phenolic OH excluding ortho intramolecular Hbond substituents is 1. The number of fused-ring (bicyclic) bond motifs is 5. The Balaban J connectivity index is 1.51. The number of nitrogens with one attached hydrogen (secondary N) is 1. The third kappa shape index (κ3) is 1.52. The Hall–Kier alpha value is -1.58. The molecule has 1 aromatic rings. The van der Waals surface area contributed by atoms with Crippen molar-refractivity contribution in [1.29, 1.82) is 0 Å². The third-order valence-electron chi connectivity index (χ3n) is 5.25. The Morgan fingerprint density at radius 2 is 1.95 bits per heavy atom. The monoisotopic (exact) mass is 261 g/mol. The molecule has 0 aliphatic heterocycles. The van der Waals surface area contributed by atoms with Crippen LogP contribution >= 0.6 is 0 Å². The minimum Gasteiger partial charge on any atom is -0.507 e. The fourth-order valence-electron chi connectivity index (χ4n) is 4.48. The summed E-state index contributed by atoms with van der Waals surface area (Å²) >= 11 is 0. The average Bonchev–Trinajstić information content (AvgIpc) is 2.78. The molecule has 0 saturated heterocycles. The number of amides is 1. The van der Waals surface area contributed by atoms with Gasteiger partial charge in [0, 0.05) is 6.04 Å². The van der Waals surface area contributed by atoms with Gasteiger partial charge in [-0.3, -0.25) is 4.79 Å². The van der Waals surface area contributed by atoms with Crippen LogP contribution in [0.15, 0.2) is 18.2 Å². The lowest BCUT2D eigenvalue weighted by molar-refractivity contribution is 0.0937. The molecule has 1 aromatic carbocycles. The second-order valence-electron chi connectivity index (χ2n) is 6.12. The molecular weight excluding hydrogens is 245 g/mol.